The van der Waals surface area contributed by atoms with Crippen LogP contribution in [0.25, 0.3) is 10.8 Å². The van der Waals surface area contributed by atoms with Crippen LogP contribution in [0.4, 0.5) is 5.69 Å². The third-order valence-electron chi connectivity index (χ3n) is 2.52. The molecule has 0 saturated heterocycles. The lowest BCUT2D eigenvalue weighted by molar-refractivity contribution is -0.689. The summed E-state index contributed by atoms with van der Waals surface area (Å²) in [6, 6.07) is 9.96. The van der Waals surface area contributed by atoms with Gasteiger partial charge in [-0.3, -0.25) is 0 Å². The van der Waals surface area contributed by atoms with E-state index in [0.717, 1.165) is 22.2 Å². The Bertz CT molecular complexity index is 558. The second-order valence-electron chi connectivity index (χ2n) is 3.55. The summed E-state index contributed by atoms with van der Waals surface area (Å²) in [5.74, 6) is 0. The number of pyridine rings is 1. The van der Waals surface area contributed by atoms with Crippen molar-refractivity contribution in [3.63, 3.8) is 0 Å². The lowest BCUT2D eigenvalue weighted by Gasteiger charge is -2.02. The van der Waals surface area contributed by atoms with Crippen LogP contribution < -0.4 is 27.3 Å². The van der Waals surface area contributed by atoms with E-state index in [0.29, 0.717) is 6.54 Å². The van der Waals surface area contributed by atoms with Crippen molar-refractivity contribution < 1.29 is 21.5 Å². The highest BCUT2D eigenvalue weighted by Crippen LogP contribution is 2.19. The highest BCUT2D eigenvalue weighted by Gasteiger charge is 2.08. The zero-order valence-electron chi connectivity index (χ0n) is 8.94. The number of hydrogen-bond acceptors (Lipinski definition) is 2. The molecule has 2 N–H and O–H groups in total. The Hall–Kier alpha value is -1.60. The molecule has 0 fully saturated rings. The molecule has 0 amide bonds. The fourth-order valence-corrected chi connectivity index (χ4v) is 1.69. The van der Waals surface area contributed by atoms with Crippen LogP contribution in [0, 0.1) is 18.3 Å². The Balaban J connectivity index is 0.00000128. The third-order valence-corrected chi connectivity index (χ3v) is 2.52. The fourth-order valence-electron chi connectivity index (χ4n) is 1.69. The van der Waals surface area contributed by atoms with Gasteiger partial charge in [0, 0.05) is 29.4 Å². The van der Waals surface area contributed by atoms with E-state index in [2.05, 4.69) is 6.07 Å². The van der Waals surface area contributed by atoms with Crippen LogP contribution >= 0.6 is 0 Å². The topological polar surface area (TPSA) is 53.7 Å². The molecule has 0 saturated carbocycles. The van der Waals surface area contributed by atoms with E-state index in [1.807, 2.05) is 42.0 Å². The molecule has 4 heteroatoms. The molecule has 3 nitrogen and oxygen atoms in total. The lowest BCUT2D eigenvalue weighted by atomic mass is 10.1. The van der Waals surface area contributed by atoms with Gasteiger partial charge in [0.15, 0.2) is 11.9 Å². The van der Waals surface area contributed by atoms with E-state index in [4.69, 9.17) is 11.0 Å². The first-order chi connectivity index (χ1) is 7.22. The predicted octanol–water partition coefficient (Wildman–Crippen LogP) is -1.45. The number of nitrogens with two attached hydrogens (primary N) is 1. The van der Waals surface area contributed by atoms with Crippen molar-refractivity contribution in [2.24, 2.45) is 0 Å². The van der Waals surface area contributed by atoms with E-state index >= 15 is 0 Å². The van der Waals surface area contributed by atoms with Crippen LogP contribution in [0.15, 0.2) is 30.5 Å². The minimum Gasteiger partial charge on any atom is -1.00 e. The molecule has 0 aliphatic heterocycles. The second kappa shape index (κ2) is 4.95. The first kappa shape index (κ1) is 12.5. The Morgan fingerprint density at radius 3 is 2.88 bits per heavy atom. The number of hydrogen-bond donors (Lipinski definition) is 1. The zero-order chi connectivity index (χ0) is 10.8. The SMILES string of the molecule is Cc1cc2c(N)cccc2c[n+]1CC#N.[Br-]. The molecule has 2 rings (SSSR count). The number of rotatable bonds is 1. The Labute approximate surface area is 105 Å². The number of halogens is 1. The van der Waals surface area contributed by atoms with Crippen molar-refractivity contribution in [2.75, 3.05) is 5.73 Å². The van der Waals surface area contributed by atoms with Gasteiger partial charge in [0.05, 0.1) is 0 Å². The number of aromatic nitrogens is 1. The summed E-state index contributed by atoms with van der Waals surface area (Å²) in [5, 5.41) is 10.8. The Morgan fingerprint density at radius 1 is 1.44 bits per heavy atom. The minimum atomic E-state index is 0. The zero-order valence-corrected chi connectivity index (χ0v) is 10.5. The fraction of sp³-hybridized carbons (Fsp3) is 0.167. The minimum absolute atomic E-state index is 0. The second-order valence-corrected chi connectivity index (χ2v) is 3.55. The summed E-state index contributed by atoms with van der Waals surface area (Å²) < 4.78 is 1.92. The van der Waals surface area contributed by atoms with E-state index in [1.165, 1.54) is 0 Å². The molecule has 0 radical (unpaired) electrons. The van der Waals surface area contributed by atoms with Gasteiger partial charge >= 0.3 is 0 Å². The highest BCUT2D eigenvalue weighted by atomic mass is 79.9. The third kappa shape index (κ3) is 2.15. The molecule has 0 atom stereocenters. The molecular weight excluding hydrogens is 266 g/mol. The van der Waals surface area contributed by atoms with E-state index < -0.39 is 0 Å². The van der Waals surface area contributed by atoms with Gasteiger partial charge in [0.1, 0.15) is 6.07 Å². The molecule has 1 heterocycles. The molecule has 2 aromatic rings. The van der Waals surface area contributed by atoms with Crippen LogP contribution in [0.5, 0.6) is 0 Å². The van der Waals surface area contributed by atoms with Crippen LogP contribution in [0.2, 0.25) is 0 Å². The van der Waals surface area contributed by atoms with E-state index in [9.17, 15) is 0 Å². The van der Waals surface area contributed by atoms with E-state index in [1.54, 1.807) is 0 Å². The summed E-state index contributed by atoms with van der Waals surface area (Å²) in [6.07, 6.45) is 1.96. The summed E-state index contributed by atoms with van der Waals surface area (Å²) >= 11 is 0. The Kier molecular flexibility index (Phi) is 3.86. The van der Waals surface area contributed by atoms with Crippen LogP contribution in [0.3, 0.4) is 0 Å². The molecule has 82 valence electrons. The lowest BCUT2D eigenvalue weighted by Crippen LogP contribution is -3.00. The van der Waals surface area contributed by atoms with Gasteiger partial charge in [-0.25, -0.2) is 0 Å². The summed E-state index contributed by atoms with van der Waals surface area (Å²) in [7, 11) is 0. The number of nitriles is 1. The first-order valence-electron chi connectivity index (χ1n) is 4.77. The van der Waals surface area contributed by atoms with Crippen molar-refractivity contribution in [1.29, 1.82) is 5.26 Å². The molecule has 0 bridgehead atoms. The number of fused-ring (bicyclic) bond motifs is 1. The number of nitrogens with zero attached hydrogens (tertiary/aromatic N) is 2. The predicted molar refractivity (Wildman–Crippen MR) is 58.9 cm³/mol. The van der Waals surface area contributed by atoms with E-state index in [-0.39, 0.29) is 17.0 Å². The number of benzene rings is 1. The van der Waals surface area contributed by atoms with Gasteiger partial charge < -0.3 is 22.7 Å². The normalized spacial score (nSPS) is 9.50. The smallest absolute Gasteiger partial charge is 0.234 e. The monoisotopic (exact) mass is 277 g/mol. The molecule has 0 aliphatic carbocycles. The van der Waals surface area contributed by atoms with Gasteiger partial charge in [-0.05, 0) is 12.1 Å². The maximum absolute atomic E-state index is 8.68. The van der Waals surface area contributed by atoms with Crippen LogP contribution in [-0.2, 0) is 6.54 Å². The summed E-state index contributed by atoms with van der Waals surface area (Å²) in [5.41, 5.74) is 7.70. The molecule has 0 aliphatic rings. The average molecular weight is 278 g/mol. The van der Waals surface area contributed by atoms with Crippen LogP contribution in [0.1, 0.15) is 5.69 Å². The van der Waals surface area contributed by atoms with Crippen molar-refractivity contribution in [1.82, 2.24) is 0 Å². The molecule has 1 aromatic carbocycles. The van der Waals surface area contributed by atoms with Crippen molar-refractivity contribution in [3.8, 4) is 6.07 Å². The molecule has 1 aromatic heterocycles. The molecule has 16 heavy (non-hydrogen) atoms. The number of nitrogen functional groups attached to an aromatic ring is 1. The van der Waals surface area contributed by atoms with Gasteiger partial charge in [-0.1, -0.05) is 6.07 Å². The number of aryl methyl sites for hydroxylation is 1. The molecule has 0 spiro atoms. The highest BCUT2D eigenvalue weighted by molar-refractivity contribution is 5.91. The average Bonchev–Trinajstić information content (AvgIpc) is 2.21. The first-order valence-corrected chi connectivity index (χ1v) is 4.77. The molecule has 0 unspecified atom stereocenters. The molecular formula is C12H12BrN3. The summed E-state index contributed by atoms with van der Waals surface area (Å²) in [4.78, 5) is 0. The maximum Gasteiger partial charge on any atom is 0.234 e. The van der Waals surface area contributed by atoms with Gasteiger partial charge in [-0.15, -0.1) is 0 Å². The summed E-state index contributed by atoms with van der Waals surface area (Å²) in [6.45, 7) is 2.35. The largest absolute Gasteiger partial charge is 1.00 e. The number of anilines is 1. The van der Waals surface area contributed by atoms with Gasteiger partial charge in [0.2, 0.25) is 6.54 Å². The standard InChI is InChI=1S/C12H12N3.BrH/c1-9-7-11-10(3-2-4-12(11)14)8-15(9)6-5-13;/h2-4,7-8H,6,14H2,1H3;1H/q+1;/p-1. The van der Waals surface area contributed by atoms with Crippen LogP contribution in [-0.4, -0.2) is 0 Å². The van der Waals surface area contributed by atoms with Gasteiger partial charge in [-0.2, -0.15) is 9.83 Å². The van der Waals surface area contributed by atoms with Crippen molar-refractivity contribution >= 4 is 16.5 Å². The Morgan fingerprint density at radius 2 is 2.19 bits per heavy atom. The van der Waals surface area contributed by atoms with Gasteiger partial charge in [0.25, 0.3) is 0 Å². The van der Waals surface area contributed by atoms with Crippen molar-refractivity contribution in [3.05, 3.63) is 36.2 Å². The maximum atomic E-state index is 8.68. The van der Waals surface area contributed by atoms with Crippen molar-refractivity contribution in [2.45, 2.75) is 13.5 Å². The quantitative estimate of drug-likeness (QED) is 0.512.